The first kappa shape index (κ1) is 14.8. The number of carbonyl (C=O) groups is 1. The first-order valence-electron chi connectivity index (χ1n) is 6.93. The monoisotopic (exact) mass is 278 g/mol. The van der Waals surface area contributed by atoms with E-state index in [2.05, 4.69) is 5.32 Å². The quantitative estimate of drug-likeness (QED) is 0.888. The number of rotatable bonds is 4. The first-order chi connectivity index (χ1) is 9.60. The third-order valence-electron chi connectivity index (χ3n) is 3.62. The number of amides is 2. The Kier molecular flexibility index (Phi) is 4.98. The molecule has 1 aliphatic heterocycles. The summed E-state index contributed by atoms with van der Waals surface area (Å²) in [5.41, 5.74) is 1.58. The second-order valence-corrected chi connectivity index (χ2v) is 5.28. The summed E-state index contributed by atoms with van der Waals surface area (Å²) in [5, 5.41) is 12.3. The van der Waals surface area contributed by atoms with E-state index in [1.54, 1.807) is 14.0 Å². The van der Waals surface area contributed by atoms with E-state index in [4.69, 9.17) is 4.74 Å². The van der Waals surface area contributed by atoms with Gasteiger partial charge in [0.15, 0.2) is 0 Å². The fraction of sp³-hybridized carbons (Fsp3) is 0.533. The molecule has 0 saturated carbocycles. The topological polar surface area (TPSA) is 61.8 Å². The van der Waals surface area contributed by atoms with Crippen LogP contribution >= 0.6 is 0 Å². The lowest BCUT2D eigenvalue weighted by Crippen LogP contribution is -2.33. The maximum atomic E-state index is 12.1. The van der Waals surface area contributed by atoms with E-state index in [0.717, 1.165) is 30.8 Å². The number of ether oxygens (including phenoxy) is 1. The predicted molar refractivity (Wildman–Crippen MR) is 77.7 cm³/mol. The molecule has 1 heterocycles. The summed E-state index contributed by atoms with van der Waals surface area (Å²) in [6.45, 7) is 3.93. The van der Waals surface area contributed by atoms with Crippen molar-refractivity contribution < 1.29 is 14.6 Å². The SMILES string of the molecule is COCC1CCN(C(=O)Nc2ccc(C(C)O)cc2)C1. The Morgan fingerprint density at radius 2 is 2.20 bits per heavy atom. The number of aliphatic hydroxyl groups excluding tert-OH is 1. The van der Waals surface area contributed by atoms with Crippen molar-refractivity contribution in [1.29, 1.82) is 0 Å². The molecule has 2 unspecified atom stereocenters. The molecule has 0 spiro atoms. The number of benzene rings is 1. The molecule has 5 nitrogen and oxygen atoms in total. The van der Waals surface area contributed by atoms with Crippen molar-refractivity contribution in [2.75, 3.05) is 32.1 Å². The lowest BCUT2D eigenvalue weighted by Gasteiger charge is -2.17. The van der Waals surface area contributed by atoms with Crippen molar-refractivity contribution in [3.63, 3.8) is 0 Å². The zero-order valence-corrected chi connectivity index (χ0v) is 12.0. The number of methoxy groups -OCH3 is 1. The number of aliphatic hydroxyl groups is 1. The average Bonchev–Trinajstić information content (AvgIpc) is 2.88. The molecule has 1 aromatic rings. The molecule has 2 amide bonds. The number of likely N-dealkylation sites (tertiary alicyclic amines) is 1. The Bertz CT molecular complexity index is 445. The molecule has 5 heteroatoms. The van der Waals surface area contributed by atoms with Gasteiger partial charge in [-0.05, 0) is 31.0 Å². The van der Waals surface area contributed by atoms with Gasteiger partial charge in [0, 0.05) is 31.8 Å². The molecule has 0 aliphatic carbocycles. The van der Waals surface area contributed by atoms with E-state index in [1.165, 1.54) is 0 Å². The van der Waals surface area contributed by atoms with Crippen LogP contribution in [0.2, 0.25) is 0 Å². The average molecular weight is 278 g/mol. The number of nitrogens with zero attached hydrogens (tertiary/aromatic N) is 1. The lowest BCUT2D eigenvalue weighted by atomic mass is 10.1. The molecular weight excluding hydrogens is 256 g/mol. The fourth-order valence-electron chi connectivity index (χ4n) is 2.44. The maximum absolute atomic E-state index is 12.1. The minimum absolute atomic E-state index is 0.0756. The van der Waals surface area contributed by atoms with Gasteiger partial charge in [0.05, 0.1) is 12.7 Å². The minimum Gasteiger partial charge on any atom is -0.389 e. The van der Waals surface area contributed by atoms with E-state index in [0.29, 0.717) is 12.5 Å². The van der Waals surface area contributed by atoms with Gasteiger partial charge in [-0.2, -0.15) is 0 Å². The van der Waals surface area contributed by atoms with Crippen LogP contribution in [0.5, 0.6) is 0 Å². The Labute approximate surface area is 119 Å². The van der Waals surface area contributed by atoms with Crippen LogP contribution in [-0.4, -0.2) is 42.8 Å². The van der Waals surface area contributed by atoms with Crippen LogP contribution in [0.15, 0.2) is 24.3 Å². The van der Waals surface area contributed by atoms with E-state index in [-0.39, 0.29) is 6.03 Å². The molecule has 110 valence electrons. The van der Waals surface area contributed by atoms with E-state index >= 15 is 0 Å². The lowest BCUT2D eigenvalue weighted by molar-refractivity contribution is 0.154. The van der Waals surface area contributed by atoms with Crippen LogP contribution in [0.25, 0.3) is 0 Å². The first-order valence-corrected chi connectivity index (χ1v) is 6.93. The van der Waals surface area contributed by atoms with Crippen LogP contribution in [0, 0.1) is 5.92 Å². The summed E-state index contributed by atoms with van der Waals surface area (Å²) < 4.78 is 5.13. The minimum atomic E-state index is -0.492. The Hall–Kier alpha value is -1.59. The molecule has 1 aliphatic rings. The summed E-state index contributed by atoms with van der Waals surface area (Å²) in [5.74, 6) is 0.434. The van der Waals surface area contributed by atoms with Gasteiger partial charge in [0.2, 0.25) is 0 Å². The number of nitrogens with one attached hydrogen (secondary N) is 1. The highest BCUT2D eigenvalue weighted by molar-refractivity contribution is 5.89. The summed E-state index contributed by atoms with van der Waals surface area (Å²) in [4.78, 5) is 13.9. The van der Waals surface area contributed by atoms with Crippen molar-refractivity contribution >= 4 is 11.7 Å². The van der Waals surface area contributed by atoms with Crippen LogP contribution < -0.4 is 5.32 Å². The summed E-state index contributed by atoms with van der Waals surface area (Å²) in [7, 11) is 1.69. The van der Waals surface area contributed by atoms with Crippen LogP contribution in [0.4, 0.5) is 10.5 Å². The van der Waals surface area contributed by atoms with Gasteiger partial charge in [-0.25, -0.2) is 4.79 Å². The molecule has 0 bridgehead atoms. The Morgan fingerprint density at radius 1 is 1.50 bits per heavy atom. The second-order valence-electron chi connectivity index (χ2n) is 5.28. The molecule has 0 aromatic heterocycles. The summed E-state index contributed by atoms with van der Waals surface area (Å²) in [6.07, 6.45) is 0.496. The van der Waals surface area contributed by atoms with Crippen LogP contribution in [-0.2, 0) is 4.74 Å². The highest BCUT2D eigenvalue weighted by Gasteiger charge is 2.26. The van der Waals surface area contributed by atoms with Gasteiger partial charge in [-0.3, -0.25) is 0 Å². The van der Waals surface area contributed by atoms with E-state index in [1.807, 2.05) is 29.2 Å². The van der Waals surface area contributed by atoms with Gasteiger partial charge in [0.25, 0.3) is 0 Å². The third kappa shape index (κ3) is 3.71. The molecule has 2 N–H and O–H groups in total. The van der Waals surface area contributed by atoms with Crippen LogP contribution in [0.1, 0.15) is 25.0 Å². The van der Waals surface area contributed by atoms with Crippen LogP contribution in [0.3, 0.4) is 0 Å². The van der Waals surface area contributed by atoms with Crippen molar-refractivity contribution in [3.8, 4) is 0 Å². The van der Waals surface area contributed by atoms with Gasteiger partial charge < -0.3 is 20.1 Å². The van der Waals surface area contributed by atoms with Gasteiger partial charge in [-0.15, -0.1) is 0 Å². The smallest absolute Gasteiger partial charge is 0.321 e. The molecule has 2 atom stereocenters. The molecule has 2 rings (SSSR count). The second kappa shape index (κ2) is 6.72. The number of urea groups is 1. The summed E-state index contributed by atoms with van der Waals surface area (Å²) >= 11 is 0. The molecular formula is C15H22N2O3. The highest BCUT2D eigenvalue weighted by Crippen LogP contribution is 2.19. The Morgan fingerprint density at radius 3 is 2.80 bits per heavy atom. The predicted octanol–water partition coefficient (Wildman–Crippen LogP) is 2.24. The zero-order valence-electron chi connectivity index (χ0n) is 12.0. The molecule has 1 saturated heterocycles. The zero-order chi connectivity index (χ0) is 14.5. The number of carbonyl (C=O) groups excluding carboxylic acids is 1. The molecule has 1 fully saturated rings. The standard InChI is InChI=1S/C15H22N2O3/c1-11(18)13-3-5-14(6-4-13)16-15(19)17-8-7-12(9-17)10-20-2/h3-6,11-12,18H,7-10H2,1-2H3,(H,16,19). The van der Waals surface area contributed by atoms with E-state index in [9.17, 15) is 9.90 Å². The van der Waals surface area contributed by atoms with Crippen molar-refractivity contribution in [3.05, 3.63) is 29.8 Å². The van der Waals surface area contributed by atoms with Crippen molar-refractivity contribution in [2.45, 2.75) is 19.4 Å². The summed E-state index contributed by atoms with van der Waals surface area (Å²) in [6, 6.07) is 7.18. The van der Waals surface area contributed by atoms with Crippen molar-refractivity contribution in [1.82, 2.24) is 4.90 Å². The van der Waals surface area contributed by atoms with E-state index < -0.39 is 6.10 Å². The fourth-order valence-corrected chi connectivity index (χ4v) is 2.44. The Balaban J connectivity index is 1.88. The van der Waals surface area contributed by atoms with Crippen molar-refractivity contribution in [2.24, 2.45) is 5.92 Å². The number of hydrogen-bond acceptors (Lipinski definition) is 3. The maximum Gasteiger partial charge on any atom is 0.321 e. The highest BCUT2D eigenvalue weighted by atomic mass is 16.5. The van der Waals surface area contributed by atoms with Gasteiger partial charge >= 0.3 is 6.03 Å². The largest absolute Gasteiger partial charge is 0.389 e. The molecule has 1 aromatic carbocycles. The molecule has 0 radical (unpaired) electrons. The van der Waals surface area contributed by atoms with Gasteiger partial charge in [0.1, 0.15) is 0 Å². The number of hydrogen-bond donors (Lipinski definition) is 2. The third-order valence-corrected chi connectivity index (χ3v) is 3.62. The normalized spacial score (nSPS) is 19.9. The molecule has 20 heavy (non-hydrogen) atoms. The van der Waals surface area contributed by atoms with Gasteiger partial charge in [-0.1, -0.05) is 12.1 Å². The number of anilines is 1.